The Morgan fingerprint density at radius 1 is 1.08 bits per heavy atom. The standard InChI is InChI=1S/C18H15ClO4S/c1-24(21,22)15-7-5-12(6-8-15)17(16-9-10-23-18(16)20)13-3-2-4-14(19)11-13/h2-8,11H,9-10H2,1H3/b17-16+. The molecule has 1 heterocycles. The minimum absolute atomic E-state index is 0.232. The fourth-order valence-corrected chi connectivity index (χ4v) is 3.51. The summed E-state index contributed by atoms with van der Waals surface area (Å²) in [5.41, 5.74) is 2.84. The third-order valence-corrected chi connectivity index (χ3v) is 5.18. The SMILES string of the molecule is CS(=O)(=O)c1ccc(/C(=C2/CCOC2=O)c2cccc(Cl)c2)cc1. The predicted molar refractivity (Wildman–Crippen MR) is 92.6 cm³/mol. The third-order valence-electron chi connectivity index (χ3n) is 3.82. The van der Waals surface area contributed by atoms with Crippen LogP contribution in [0.1, 0.15) is 17.5 Å². The molecule has 0 aromatic heterocycles. The van der Waals surface area contributed by atoms with Gasteiger partial charge in [0.15, 0.2) is 9.84 Å². The van der Waals surface area contributed by atoms with Gasteiger partial charge in [0, 0.05) is 23.3 Å². The van der Waals surface area contributed by atoms with Crippen molar-refractivity contribution >= 4 is 33.0 Å². The lowest BCUT2D eigenvalue weighted by molar-refractivity contribution is -0.135. The number of carbonyl (C=O) groups is 1. The second-order valence-electron chi connectivity index (χ2n) is 5.55. The molecule has 6 heteroatoms. The molecule has 0 aliphatic carbocycles. The average Bonchev–Trinajstić information content (AvgIpc) is 2.93. The summed E-state index contributed by atoms with van der Waals surface area (Å²) in [7, 11) is -3.28. The first-order valence-electron chi connectivity index (χ1n) is 7.33. The number of esters is 1. The number of hydrogen-bond acceptors (Lipinski definition) is 4. The molecule has 0 radical (unpaired) electrons. The van der Waals surface area contributed by atoms with Gasteiger partial charge in [-0.1, -0.05) is 35.9 Å². The first-order valence-corrected chi connectivity index (χ1v) is 9.60. The molecule has 0 saturated carbocycles. The minimum Gasteiger partial charge on any atom is -0.462 e. The predicted octanol–water partition coefficient (Wildman–Crippen LogP) is 3.49. The molecule has 0 spiro atoms. The van der Waals surface area contributed by atoms with Gasteiger partial charge < -0.3 is 4.74 Å². The van der Waals surface area contributed by atoms with Gasteiger partial charge in [-0.05, 0) is 41.0 Å². The fourth-order valence-electron chi connectivity index (χ4n) is 2.69. The summed E-state index contributed by atoms with van der Waals surface area (Å²) in [4.78, 5) is 12.3. The molecule has 1 aliphatic rings. The van der Waals surface area contributed by atoms with Crippen LogP contribution in [0.5, 0.6) is 0 Å². The number of rotatable bonds is 3. The van der Waals surface area contributed by atoms with Crippen LogP contribution >= 0.6 is 11.6 Å². The van der Waals surface area contributed by atoms with Crippen LogP contribution in [0.15, 0.2) is 59.0 Å². The molecular weight excluding hydrogens is 348 g/mol. The van der Waals surface area contributed by atoms with Crippen LogP contribution in [0.4, 0.5) is 0 Å². The Morgan fingerprint density at radius 2 is 1.79 bits per heavy atom. The number of halogens is 1. The van der Waals surface area contributed by atoms with Crippen LogP contribution in [0.3, 0.4) is 0 Å². The third kappa shape index (κ3) is 3.37. The normalized spacial score (nSPS) is 16.8. The van der Waals surface area contributed by atoms with Gasteiger partial charge >= 0.3 is 5.97 Å². The van der Waals surface area contributed by atoms with Crippen molar-refractivity contribution in [3.05, 3.63) is 70.3 Å². The number of ether oxygens (including phenoxy) is 1. The van der Waals surface area contributed by atoms with Crippen molar-refractivity contribution in [3.8, 4) is 0 Å². The van der Waals surface area contributed by atoms with E-state index in [9.17, 15) is 13.2 Å². The molecule has 124 valence electrons. The van der Waals surface area contributed by atoms with Crippen molar-refractivity contribution in [1.29, 1.82) is 0 Å². The van der Waals surface area contributed by atoms with E-state index in [1.165, 1.54) is 12.1 Å². The van der Waals surface area contributed by atoms with Gasteiger partial charge in [-0.2, -0.15) is 0 Å². The second-order valence-corrected chi connectivity index (χ2v) is 8.00. The first kappa shape index (κ1) is 16.7. The number of carbonyl (C=O) groups excluding carboxylic acids is 1. The van der Waals surface area contributed by atoms with Gasteiger partial charge in [0.25, 0.3) is 0 Å². The molecule has 1 aliphatic heterocycles. The molecule has 0 atom stereocenters. The maximum atomic E-state index is 12.1. The van der Waals surface area contributed by atoms with E-state index >= 15 is 0 Å². The molecule has 0 unspecified atom stereocenters. The summed E-state index contributed by atoms with van der Waals surface area (Å²) in [6.07, 6.45) is 1.67. The molecule has 1 saturated heterocycles. The zero-order chi connectivity index (χ0) is 17.3. The van der Waals surface area contributed by atoms with E-state index in [0.717, 1.165) is 23.0 Å². The van der Waals surface area contributed by atoms with E-state index in [4.69, 9.17) is 16.3 Å². The van der Waals surface area contributed by atoms with Crippen LogP contribution in [-0.2, 0) is 19.4 Å². The lowest BCUT2D eigenvalue weighted by Gasteiger charge is -2.12. The first-order chi connectivity index (χ1) is 11.4. The molecule has 0 bridgehead atoms. The Hall–Kier alpha value is -2.11. The maximum Gasteiger partial charge on any atom is 0.334 e. The zero-order valence-corrected chi connectivity index (χ0v) is 14.5. The maximum absolute atomic E-state index is 12.1. The summed E-state index contributed by atoms with van der Waals surface area (Å²) in [6, 6.07) is 13.7. The molecule has 2 aromatic rings. The lowest BCUT2D eigenvalue weighted by Crippen LogP contribution is -2.02. The van der Waals surface area contributed by atoms with Crippen LogP contribution in [0, 0.1) is 0 Å². The molecule has 24 heavy (non-hydrogen) atoms. The average molecular weight is 363 g/mol. The molecule has 0 amide bonds. The van der Waals surface area contributed by atoms with Crippen molar-refractivity contribution in [1.82, 2.24) is 0 Å². The topological polar surface area (TPSA) is 60.4 Å². The van der Waals surface area contributed by atoms with Gasteiger partial charge in [0.1, 0.15) is 0 Å². The Bertz CT molecular complexity index is 928. The van der Waals surface area contributed by atoms with Crippen LogP contribution in [-0.4, -0.2) is 27.2 Å². The van der Waals surface area contributed by atoms with E-state index in [0.29, 0.717) is 23.6 Å². The van der Waals surface area contributed by atoms with E-state index in [-0.39, 0.29) is 10.9 Å². The number of cyclic esters (lactones) is 1. The van der Waals surface area contributed by atoms with Gasteiger partial charge in [-0.25, -0.2) is 13.2 Å². The van der Waals surface area contributed by atoms with E-state index in [2.05, 4.69) is 0 Å². The Balaban J connectivity index is 2.18. The largest absolute Gasteiger partial charge is 0.462 e. The smallest absolute Gasteiger partial charge is 0.334 e. The van der Waals surface area contributed by atoms with Crippen molar-refractivity contribution in [2.45, 2.75) is 11.3 Å². The molecular formula is C18H15ClO4S. The highest BCUT2D eigenvalue weighted by Crippen LogP contribution is 2.33. The van der Waals surface area contributed by atoms with Gasteiger partial charge in [0.05, 0.1) is 11.5 Å². The van der Waals surface area contributed by atoms with E-state index < -0.39 is 9.84 Å². The van der Waals surface area contributed by atoms with Gasteiger partial charge in [-0.3, -0.25) is 0 Å². The number of benzene rings is 2. The van der Waals surface area contributed by atoms with Crippen molar-refractivity contribution in [2.24, 2.45) is 0 Å². The summed E-state index contributed by atoms with van der Waals surface area (Å²) in [5.74, 6) is -0.350. The monoisotopic (exact) mass is 362 g/mol. The summed E-state index contributed by atoms with van der Waals surface area (Å²) >= 11 is 6.09. The van der Waals surface area contributed by atoms with Crippen LogP contribution in [0.25, 0.3) is 5.57 Å². The van der Waals surface area contributed by atoms with Crippen LogP contribution in [0.2, 0.25) is 5.02 Å². The molecule has 0 N–H and O–H groups in total. The van der Waals surface area contributed by atoms with Crippen LogP contribution < -0.4 is 0 Å². The van der Waals surface area contributed by atoms with Gasteiger partial charge in [0.2, 0.25) is 0 Å². The Morgan fingerprint density at radius 3 is 2.33 bits per heavy atom. The highest BCUT2D eigenvalue weighted by atomic mass is 35.5. The van der Waals surface area contributed by atoms with Crippen molar-refractivity contribution in [2.75, 3.05) is 12.9 Å². The zero-order valence-electron chi connectivity index (χ0n) is 13.0. The fraction of sp³-hybridized carbons (Fsp3) is 0.167. The number of sulfone groups is 1. The summed E-state index contributed by atoms with van der Waals surface area (Å²) < 4.78 is 28.3. The van der Waals surface area contributed by atoms with E-state index in [1.54, 1.807) is 24.3 Å². The molecule has 2 aromatic carbocycles. The van der Waals surface area contributed by atoms with Crippen molar-refractivity contribution < 1.29 is 17.9 Å². The summed E-state index contributed by atoms with van der Waals surface area (Å²) in [6.45, 7) is 0.347. The van der Waals surface area contributed by atoms with Gasteiger partial charge in [-0.15, -0.1) is 0 Å². The lowest BCUT2D eigenvalue weighted by atomic mass is 9.92. The number of hydrogen-bond donors (Lipinski definition) is 0. The molecule has 3 rings (SSSR count). The minimum atomic E-state index is -3.28. The second kappa shape index (κ2) is 6.42. The highest BCUT2D eigenvalue weighted by molar-refractivity contribution is 7.90. The quantitative estimate of drug-likeness (QED) is 0.619. The Labute approximate surface area is 145 Å². The molecule has 1 fully saturated rings. The molecule has 4 nitrogen and oxygen atoms in total. The highest BCUT2D eigenvalue weighted by Gasteiger charge is 2.25. The van der Waals surface area contributed by atoms with E-state index in [1.807, 2.05) is 12.1 Å². The summed E-state index contributed by atoms with van der Waals surface area (Å²) in [5, 5.41) is 0.560. The van der Waals surface area contributed by atoms with Crippen molar-refractivity contribution in [3.63, 3.8) is 0 Å². The Kier molecular flexibility index (Phi) is 4.47.